The second kappa shape index (κ2) is 9.06. The van der Waals surface area contributed by atoms with Crippen LogP contribution in [0.1, 0.15) is 38.7 Å². The number of amides is 2. The van der Waals surface area contributed by atoms with E-state index in [1.54, 1.807) is 18.2 Å². The van der Waals surface area contributed by atoms with Crippen LogP contribution in [0.4, 0.5) is 11.4 Å². The van der Waals surface area contributed by atoms with Gasteiger partial charge in [-0.3, -0.25) is 9.59 Å². The van der Waals surface area contributed by atoms with Crippen LogP contribution in [0.25, 0.3) is 0 Å². The van der Waals surface area contributed by atoms with Gasteiger partial charge in [0.05, 0.1) is 10.0 Å². The first-order chi connectivity index (χ1) is 12.3. The number of anilines is 2. The maximum Gasteiger partial charge on any atom is 0.226 e. The van der Waals surface area contributed by atoms with E-state index in [1.807, 2.05) is 24.3 Å². The third-order valence-electron chi connectivity index (χ3n) is 4.02. The fourth-order valence-corrected chi connectivity index (χ4v) is 2.80. The minimum atomic E-state index is -0.169. The Bertz CT molecular complexity index is 789. The minimum absolute atomic E-state index is 0.159. The number of rotatable bonds is 6. The zero-order valence-corrected chi connectivity index (χ0v) is 16.6. The van der Waals surface area contributed by atoms with Crippen molar-refractivity contribution in [3.8, 4) is 0 Å². The highest BCUT2D eigenvalue weighted by atomic mass is 35.5. The molecule has 0 saturated carbocycles. The van der Waals surface area contributed by atoms with Crippen LogP contribution in [0, 0.1) is 0 Å². The van der Waals surface area contributed by atoms with E-state index in [0.717, 1.165) is 5.69 Å². The average Bonchev–Trinajstić information content (AvgIpc) is 2.58. The number of benzene rings is 2. The molecule has 0 fully saturated rings. The quantitative estimate of drug-likeness (QED) is 0.705. The highest BCUT2D eigenvalue weighted by molar-refractivity contribution is 6.42. The number of carbonyl (C=O) groups is 2. The van der Waals surface area contributed by atoms with Crippen LogP contribution in [0.5, 0.6) is 0 Å². The lowest BCUT2D eigenvalue weighted by atomic mass is 10.0. The van der Waals surface area contributed by atoms with Crippen molar-refractivity contribution in [2.45, 2.75) is 33.1 Å². The molecule has 4 nitrogen and oxygen atoms in total. The van der Waals surface area contributed by atoms with Gasteiger partial charge in [-0.15, -0.1) is 0 Å². The molecule has 138 valence electrons. The van der Waals surface area contributed by atoms with Crippen LogP contribution in [0.2, 0.25) is 10.0 Å². The molecule has 2 amide bonds. The molecule has 26 heavy (non-hydrogen) atoms. The Morgan fingerprint density at radius 1 is 1.04 bits per heavy atom. The Morgan fingerprint density at radius 2 is 1.69 bits per heavy atom. The van der Waals surface area contributed by atoms with Crippen LogP contribution in [-0.2, 0) is 9.59 Å². The summed E-state index contributed by atoms with van der Waals surface area (Å²) in [5.74, 6) is 0.112. The SMILES string of the molecule is CC(=O)N(CCC(=O)Nc1ccc(C(C)C)cc1)c1ccc(Cl)c(Cl)c1. The first-order valence-corrected chi connectivity index (χ1v) is 9.16. The smallest absolute Gasteiger partial charge is 0.226 e. The Morgan fingerprint density at radius 3 is 2.23 bits per heavy atom. The topological polar surface area (TPSA) is 49.4 Å². The van der Waals surface area contributed by atoms with Crippen LogP contribution < -0.4 is 10.2 Å². The first-order valence-electron chi connectivity index (χ1n) is 8.41. The molecule has 2 rings (SSSR count). The molecular weight excluding hydrogens is 371 g/mol. The number of nitrogens with zero attached hydrogens (tertiary/aromatic N) is 1. The van der Waals surface area contributed by atoms with Crippen molar-refractivity contribution < 1.29 is 9.59 Å². The zero-order valence-electron chi connectivity index (χ0n) is 15.1. The predicted octanol–water partition coefficient (Wildman–Crippen LogP) is 5.50. The van der Waals surface area contributed by atoms with E-state index in [0.29, 0.717) is 21.7 Å². The molecule has 0 radical (unpaired) electrons. The maximum atomic E-state index is 12.2. The van der Waals surface area contributed by atoms with Gasteiger partial charge in [-0.25, -0.2) is 0 Å². The number of hydrogen-bond donors (Lipinski definition) is 1. The maximum absolute atomic E-state index is 12.2. The average molecular weight is 393 g/mol. The normalized spacial score (nSPS) is 10.7. The van der Waals surface area contributed by atoms with E-state index < -0.39 is 0 Å². The summed E-state index contributed by atoms with van der Waals surface area (Å²) in [5.41, 5.74) is 2.56. The molecule has 0 saturated heterocycles. The van der Waals surface area contributed by atoms with Crippen molar-refractivity contribution in [2.24, 2.45) is 0 Å². The summed E-state index contributed by atoms with van der Waals surface area (Å²) in [7, 11) is 0. The van der Waals surface area contributed by atoms with E-state index >= 15 is 0 Å². The molecule has 2 aromatic rings. The van der Waals surface area contributed by atoms with E-state index in [1.165, 1.54) is 17.4 Å². The Balaban J connectivity index is 1.98. The monoisotopic (exact) mass is 392 g/mol. The molecule has 2 aromatic carbocycles. The molecule has 0 aliphatic rings. The summed E-state index contributed by atoms with van der Waals surface area (Å²) in [6.45, 7) is 5.94. The Labute approximate surface area is 164 Å². The summed E-state index contributed by atoms with van der Waals surface area (Å²) >= 11 is 11.9. The fourth-order valence-electron chi connectivity index (χ4n) is 2.51. The van der Waals surface area contributed by atoms with Gasteiger partial charge in [0.1, 0.15) is 0 Å². The lowest BCUT2D eigenvalue weighted by Crippen LogP contribution is -2.31. The standard InChI is InChI=1S/C20H22Cl2N2O2/c1-13(2)15-4-6-16(7-5-15)23-20(26)10-11-24(14(3)25)17-8-9-18(21)19(22)12-17/h4-9,12-13H,10-11H2,1-3H3,(H,23,26). The lowest BCUT2D eigenvalue weighted by molar-refractivity contribution is -0.117. The minimum Gasteiger partial charge on any atom is -0.326 e. The van der Waals surface area contributed by atoms with Gasteiger partial charge in [0.25, 0.3) is 0 Å². The van der Waals surface area contributed by atoms with Crippen molar-refractivity contribution in [1.29, 1.82) is 0 Å². The molecule has 0 heterocycles. The number of carbonyl (C=O) groups excluding carboxylic acids is 2. The van der Waals surface area contributed by atoms with Crippen LogP contribution in [0.3, 0.4) is 0 Å². The molecular formula is C20H22Cl2N2O2. The summed E-state index contributed by atoms with van der Waals surface area (Å²) in [5, 5.41) is 3.63. The largest absolute Gasteiger partial charge is 0.326 e. The van der Waals surface area contributed by atoms with E-state index in [2.05, 4.69) is 19.2 Å². The van der Waals surface area contributed by atoms with Crippen molar-refractivity contribution in [1.82, 2.24) is 0 Å². The fraction of sp³-hybridized carbons (Fsp3) is 0.300. The Kier molecular flexibility index (Phi) is 7.06. The molecule has 1 N–H and O–H groups in total. The number of hydrogen-bond acceptors (Lipinski definition) is 2. The van der Waals surface area contributed by atoms with E-state index in [4.69, 9.17) is 23.2 Å². The Hall–Kier alpha value is -2.04. The molecule has 0 bridgehead atoms. The predicted molar refractivity (Wildman–Crippen MR) is 108 cm³/mol. The summed E-state index contributed by atoms with van der Waals surface area (Å²) in [6.07, 6.45) is 0.172. The highest BCUT2D eigenvalue weighted by Gasteiger charge is 2.15. The van der Waals surface area contributed by atoms with Gasteiger partial charge in [-0.1, -0.05) is 49.2 Å². The van der Waals surface area contributed by atoms with Crippen LogP contribution in [0.15, 0.2) is 42.5 Å². The van der Waals surface area contributed by atoms with Gasteiger partial charge in [0, 0.05) is 31.3 Å². The third kappa shape index (κ3) is 5.48. The van der Waals surface area contributed by atoms with Gasteiger partial charge in [0.15, 0.2) is 0 Å². The lowest BCUT2D eigenvalue weighted by Gasteiger charge is -2.21. The zero-order chi connectivity index (χ0) is 19.3. The van der Waals surface area contributed by atoms with Crippen LogP contribution in [-0.4, -0.2) is 18.4 Å². The van der Waals surface area contributed by atoms with Gasteiger partial charge in [-0.05, 0) is 41.8 Å². The van der Waals surface area contributed by atoms with Gasteiger partial charge >= 0.3 is 0 Å². The number of halogens is 2. The molecule has 6 heteroatoms. The molecule has 0 atom stereocenters. The van der Waals surface area contributed by atoms with Crippen molar-refractivity contribution >= 4 is 46.4 Å². The second-order valence-corrected chi connectivity index (χ2v) is 7.16. The van der Waals surface area contributed by atoms with Gasteiger partial charge in [-0.2, -0.15) is 0 Å². The highest BCUT2D eigenvalue weighted by Crippen LogP contribution is 2.27. The molecule has 0 aliphatic carbocycles. The summed E-state index contributed by atoms with van der Waals surface area (Å²) < 4.78 is 0. The third-order valence-corrected chi connectivity index (χ3v) is 4.76. The summed E-state index contributed by atoms with van der Waals surface area (Å²) in [6, 6.07) is 12.7. The molecule has 0 aromatic heterocycles. The first kappa shape index (κ1) is 20.3. The van der Waals surface area contributed by atoms with Crippen molar-refractivity contribution in [3.63, 3.8) is 0 Å². The summed E-state index contributed by atoms with van der Waals surface area (Å²) in [4.78, 5) is 25.6. The molecule has 0 unspecified atom stereocenters. The van der Waals surface area contributed by atoms with E-state index in [-0.39, 0.29) is 24.8 Å². The van der Waals surface area contributed by atoms with Crippen LogP contribution >= 0.6 is 23.2 Å². The second-order valence-electron chi connectivity index (χ2n) is 6.34. The molecule has 0 spiro atoms. The van der Waals surface area contributed by atoms with E-state index in [9.17, 15) is 9.59 Å². The van der Waals surface area contributed by atoms with Gasteiger partial charge in [0.2, 0.25) is 11.8 Å². The molecule has 0 aliphatic heterocycles. The van der Waals surface area contributed by atoms with Gasteiger partial charge < -0.3 is 10.2 Å². The van der Waals surface area contributed by atoms with Crippen molar-refractivity contribution in [3.05, 3.63) is 58.1 Å². The van der Waals surface area contributed by atoms with Crippen molar-refractivity contribution in [2.75, 3.05) is 16.8 Å². The number of nitrogens with one attached hydrogen (secondary N) is 1.